The number of carbonyl (C=O) groups is 3. The summed E-state index contributed by atoms with van der Waals surface area (Å²) >= 11 is 0. The van der Waals surface area contributed by atoms with Gasteiger partial charge in [-0.1, -0.05) is 78.9 Å². The molecule has 5 rings (SSSR count). The van der Waals surface area contributed by atoms with E-state index in [0.717, 1.165) is 34.4 Å². The van der Waals surface area contributed by atoms with Crippen LogP contribution in [0, 0.1) is 0 Å². The summed E-state index contributed by atoms with van der Waals surface area (Å²) in [6.45, 7) is -0.181. The van der Waals surface area contributed by atoms with Gasteiger partial charge >= 0.3 is 6.18 Å². The van der Waals surface area contributed by atoms with Gasteiger partial charge in [0.05, 0.1) is 12.1 Å². The van der Waals surface area contributed by atoms with E-state index in [9.17, 15) is 36.3 Å². The molecule has 3 amide bonds. The third kappa shape index (κ3) is 7.98. The maximum atomic E-state index is 13.6. The predicted molar refractivity (Wildman–Crippen MR) is 177 cm³/mol. The monoisotopic (exact) mass is 677 g/mol. The zero-order chi connectivity index (χ0) is 35.0. The summed E-state index contributed by atoms with van der Waals surface area (Å²) in [6.07, 6.45) is -5.16. The molecule has 0 bridgehead atoms. The SMILES string of the molecule is O=C(CCCNC(=O)c1ccccc1-c1ccc(C(F)(F)F)cc1)NCCCCC1(C(=O)NCC(F)F)c2ccccc2-c2ccccc21. The molecule has 11 heteroatoms. The molecule has 0 saturated carbocycles. The topological polar surface area (TPSA) is 87.3 Å². The van der Waals surface area contributed by atoms with E-state index in [1.165, 1.54) is 12.1 Å². The van der Waals surface area contributed by atoms with Crippen molar-refractivity contribution in [2.24, 2.45) is 0 Å². The van der Waals surface area contributed by atoms with Crippen molar-refractivity contribution in [3.05, 3.63) is 119 Å². The standard InChI is InChI=1S/C38H36F5N3O3/c39-33(40)24-46-36(49)37(31-14-5-3-11-28(31)29-12-4-6-15-32(29)37)21-7-8-22-44-34(47)16-9-23-45-35(48)30-13-2-1-10-27(30)25-17-19-26(20-18-25)38(41,42)43/h1-6,10-15,17-20,33H,7-9,16,21-24H2,(H,44,47)(H,45,48)(H,46,49). The van der Waals surface area contributed by atoms with Gasteiger partial charge in [-0.25, -0.2) is 8.78 Å². The van der Waals surface area contributed by atoms with Crippen LogP contribution < -0.4 is 16.0 Å². The van der Waals surface area contributed by atoms with E-state index in [1.807, 2.05) is 48.5 Å². The fourth-order valence-electron chi connectivity index (χ4n) is 6.42. The van der Waals surface area contributed by atoms with E-state index in [2.05, 4.69) is 16.0 Å². The third-order valence-corrected chi connectivity index (χ3v) is 8.73. The van der Waals surface area contributed by atoms with E-state index in [-0.39, 0.29) is 18.9 Å². The minimum atomic E-state index is -4.46. The second-order valence-electron chi connectivity index (χ2n) is 11.9. The van der Waals surface area contributed by atoms with Gasteiger partial charge in [-0.15, -0.1) is 0 Å². The molecule has 0 aliphatic heterocycles. The second kappa shape index (κ2) is 15.4. The average molecular weight is 678 g/mol. The Bertz CT molecular complexity index is 1740. The Morgan fingerprint density at radius 3 is 1.84 bits per heavy atom. The minimum absolute atomic E-state index is 0.154. The van der Waals surface area contributed by atoms with Crippen LogP contribution in [0.4, 0.5) is 22.0 Å². The lowest BCUT2D eigenvalue weighted by molar-refractivity contribution is -0.137. The molecule has 3 N–H and O–H groups in total. The molecule has 0 spiro atoms. The van der Waals surface area contributed by atoms with Crippen LogP contribution in [0.15, 0.2) is 97.1 Å². The first-order valence-electron chi connectivity index (χ1n) is 16.1. The molecular weight excluding hydrogens is 641 g/mol. The molecule has 49 heavy (non-hydrogen) atoms. The normalized spacial score (nSPS) is 13.0. The fourth-order valence-corrected chi connectivity index (χ4v) is 6.42. The summed E-state index contributed by atoms with van der Waals surface area (Å²) < 4.78 is 65.1. The van der Waals surface area contributed by atoms with Gasteiger partial charge in [0.2, 0.25) is 11.8 Å². The van der Waals surface area contributed by atoms with E-state index in [4.69, 9.17) is 0 Å². The van der Waals surface area contributed by atoms with Crippen LogP contribution in [-0.4, -0.2) is 43.8 Å². The van der Waals surface area contributed by atoms with Gasteiger partial charge in [0.15, 0.2) is 0 Å². The van der Waals surface area contributed by atoms with Crippen molar-refractivity contribution in [1.82, 2.24) is 16.0 Å². The zero-order valence-electron chi connectivity index (χ0n) is 26.6. The Labute approximate surface area is 281 Å². The van der Waals surface area contributed by atoms with Crippen LogP contribution in [0.5, 0.6) is 0 Å². The summed E-state index contributed by atoms with van der Waals surface area (Å²) in [7, 11) is 0. The van der Waals surface area contributed by atoms with Crippen molar-refractivity contribution < 1.29 is 36.3 Å². The van der Waals surface area contributed by atoms with E-state index in [1.54, 1.807) is 24.3 Å². The Morgan fingerprint density at radius 1 is 0.653 bits per heavy atom. The van der Waals surface area contributed by atoms with Gasteiger partial charge in [0, 0.05) is 25.1 Å². The number of benzene rings is 4. The second-order valence-corrected chi connectivity index (χ2v) is 11.9. The van der Waals surface area contributed by atoms with E-state index >= 15 is 0 Å². The molecule has 0 atom stereocenters. The molecule has 0 fully saturated rings. The van der Waals surface area contributed by atoms with Gasteiger partial charge in [0.25, 0.3) is 12.3 Å². The Morgan fingerprint density at radius 2 is 1.22 bits per heavy atom. The van der Waals surface area contributed by atoms with Crippen LogP contribution in [0.3, 0.4) is 0 Å². The molecule has 0 unspecified atom stereocenters. The lowest BCUT2D eigenvalue weighted by atomic mass is 9.73. The first kappa shape index (κ1) is 35.3. The highest BCUT2D eigenvalue weighted by molar-refractivity contribution is 6.01. The Balaban J connectivity index is 1.10. The Hall–Kier alpha value is -5.06. The maximum Gasteiger partial charge on any atom is 0.416 e. The zero-order valence-corrected chi connectivity index (χ0v) is 26.6. The lowest BCUT2D eigenvalue weighted by Crippen LogP contribution is -2.45. The molecule has 4 aromatic rings. The summed E-state index contributed by atoms with van der Waals surface area (Å²) in [5.41, 5.74) is 2.70. The molecule has 1 aliphatic carbocycles. The molecule has 256 valence electrons. The number of amides is 3. The molecule has 0 heterocycles. The summed E-state index contributed by atoms with van der Waals surface area (Å²) in [6, 6.07) is 26.2. The first-order chi connectivity index (χ1) is 23.5. The summed E-state index contributed by atoms with van der Waals surface area (Å²) in [4.78, 5) is 39.0. The maximum absolute atomic E-state index is 13.6. The number of hydrogen-bond acceptors (Lipinski definition) is 3. The molecule has 6 nitrogen and oxygen atoms in total. The van der Waals surface area contributed by atoms with Gasteiger partial charge in [0.1, 0.15) is 5.41 Å². The highest BCUT2D eigenvalue weighted by atomic mass is 19.4. The molecule has 0 aromatic heterocycles. The summed E-state index contributed by atoms with van der Waals surface area (Å²) in [5, 5.41) is 8.08. The van der Waals surface area contributed by atoms with E-state index < -0.39 is 41.9 Å². The smallest absolute Gasteiger partial charge is 0.356 e. The van der Waals surface area contributed by atoms with Gasteiger partial charge < -0.3 is 16.0 Å². The predicted octanol–water partition coefficient (Wildman–Crippen LogP) is 7.52. The number of rotatable bonds is 14. The van der Waals surface area contributed by atoms with Crippen LogP contribution in [0.2, 0.25) is 0 Å². The number of nitrogens with one attached hydrogen (secondary N) is 3. The average Bonchev–Trinajstić information content (AvgIpc) is 3.39. The van der Waals surface area contributed by atoms with Crippen molar-refractivity contribution in [1.29, 1.82) is 0 Å². The Kier molecular flexibility index (Phi) is 11.1. The molecule has 1 aliphatic rings. The molecular formula is C38H36F5N3O3. The van der Waals surface area contributed by atoms with E-state index in [0.29, 0.717) is 48.9 Å². The first-order valence-corrected chi connectivity index (χ1v) is 16.1. The van der Waals surface area contributed by atoms with Crippen LogP contribution in [0.1, 0.15) is 59.2 Å². The number of alkyl halides is 5. The largest absolute Gasteiger partial charge is 0.416 e. The number of unbranched alkanes of at least 4 members (excludes halogenated alkanes) is 1. The van der Waals surface area contributed by atoms with Gasteiger partial charge in [-0.05, 0) is 77.3 Å². The number of hydrogen-bond donors (Lipinski definition) is 3. The third-order valence-electron chi connectivity index (χ3n) is 8.73. The molecule has 4 aromatic carbocycles. The number of carbonyl (C=O) groups excluding carboxylic acids is 3. The van der Waals surface area contributed by atoms with Crippen molar-refractivity contribution >= 4 is 17.7 Å². The number of fused-ring (bicyclic) bond motifs is 3. The lowest BCUT2D eigenvalue weighted by Gasteiger charge is -2.31. The quantitative estimate of drug-likeness (QED) is 0.0954. The van der Waals surface area contributed by atoms with Gasteiger partial charge in [-0.2, -0.15) is 13.2 Å². The van der Waals surface area contributed by atoms with Crippen LogP contribution in [0.25, 0.3) is 22.3 Å². The van der Waals surface area contributed by atoms with Crippen molar-refractivity contribution in [2.45, 2.75) is 50.1 Å². The number of halogens is 5. The van der Waals surface area contributed by atoms with Gasteiger partial charge in [-0.3, -0.25) is 14.4 Å². The molecule has 0 radical (unpaired) electrons. The van der Waals surface area contributed by atoms with Crippen molar-refractivity contribution in [3.63, 3.8) is 0 Å². The highest BCUT2D eigenvalue weighted by Crippen LogP contribution is 2.51. The van der Waals surface area contributed by atoms with Crippen LogP contribution in [-0.2, 0) is 21.2 Å². The highest BCUT2D eigenvalue weighted by Gasteiger charge is 2.48. The molecule has 0 saturated heterocycles. The fraction of sp³-hybridized carbons (Fsp3) is 0.289. The van der Waals surface area contributed by atoms with Crippen molar-refractivity contribution in [3.8, 4) is 22.3 Å². The minimum Gasteiger partial charge on any atom is -0.356 e. The van der Waals surface area contributed by atoms with Crippen LogP contribution >= 0.6 is 0 Å². The van der Waals surface area contributed by atoms with Crippen molar-refractivity contribution in [2.75, 3.05) is 19.6 Å². The summed E-state index contributed by atoms with van der Waals surface area (Å²) in [5.74, 6) is -1.09.